The zero-order chi connectivity index (χ0) is 19.5. The van der Waals surface area contributed by atoms with E-state index >= 15 is 0 Å². The molecule has 0 saturated carbocycles. The van der Waals surface area contributed by atoms with E-state index in [9.17, 15) is 5.11 Å². The molecule has 5 heteroatoms. The summed E-state index contributed by atoms with van der Waals surface area (Å²) in [5.74, 6) is 1.05. The molecule has 0 fully saturated rings. The molecule has 4 aromatic rings. The predicted molar refractivity (Wildman–Crippen MR) is 110 cm³/mol. The standard InChI is InChI=1S/C23H24N4O/c1-3-23-25-17(2)14-26(23)19-9-11-20(12-10-19)27-16-24-21(22(27)15-28)13-18-7-5-4-6-8-18/h4-12,14,16,28H,3,13,15H2,1-2H3. The highest BCUT2D eigenvalue weighted by Crippen LogP contribution is 2.21. The van der Waals surface area contributed by atoms with Gasteiger partial charge in [-0.2, -0.15) is 0 Å². The Bertz CT molecular complexity index is 1060. The van der Waals surface area contributed by atoms with Crippen molar-refractivity contribution < 1.29 is 5.11 Å². The molecule has 0 aliphatic rings. The smallest absolute Gasteiger partial charge is 0.113 e. The zero-order valence-electron chi connectivity index (χ0n) is 16.2. The van der Waals surface area contributed by atoms with Gasteiger partial charge in [-0.1, -0.05) is 37.3 Å². The maximum atomic E-state index is 9.96. The van der Waals surface area contributed by atoms with E-state index in [-0.39, 0.29) is 6.61 Å². The van der Waals surface area contributed by atoms with E-state index in [1.165, 1.54) is 5.56 Å². The van der Waals surface area contributed by atoms with Crippen molar-refractivity contribution in [2.75, 3.05) is 0 Å². The van der Waals surface area contributed by atoms with E-state index in [1.807, 2.05) is 29.7 Å². The molecule has 0 radical (unpaired) electrons. The molecule has 142 valence electrons. The molecule has 0 aliphatic heterocycles. The van der Waals surface area contributed by atoms with Gasteiger partial charge in [-0.25, -0.2) is 9.97 Å². The predicted octanol–water partition coefficient (Wildman–Crippen LogP) is 4.01. The van der Waals surface area contributed by atoms with Gasteiger partial charge in [-0.3, -0.25) is 0 Å². The van der Waals surface area contributed by atoms with Crippen molar-refractivity contribution in [1.29, 1.82) is 0 Å². The number of aromatic nitrogens is 4. The molecule has 0 amide bonds. The third-order valence-electron chi connectivity index (χ3n) is 4.94. The minimum absolute atomic E-state index is 0.0510. The lowest BCUT2D eigenvalue weighted by atomic mass is 10.1. The highest BCUT2D eigenvalue weighted by Gasteiger charge is 2.13. The molecule has 2 aromatic carbocycles. The van der Waals surface area contributed by atoms with Gasteiger partial charge >= 0.3 is 0 Å². The summed E-state index contributed by atoms with van der Waals surface area (Å²) in [6, 6.07) is 18.5. The van der Waals surface area contributed by atoms with Crippen LogP contribution in [0.3, 0.4) is 0 Å². The number of aliphatic hydroxyl groups excluding tert-OH is 1. The van der Waals surface area contributed by atoms with Crippen molar-refractivity contribution in [2.24, 2.45) is 0 Å². The molecule has 1 N–H and O–H groups in total. The fourth-order valence-corrected chi connectivity index (χ4v) is 3.53. The largest absolute Gasteiger partial charge is 0.390 e. The Morgan fingerprint density at radius 1 is 0.929 bits per heavy atom. The van der Waals surface area contributed by atoms with Gasteiger partial charge in [-0.15, -0.1) is 0 Å². The van der Waals surface area contributed by atoms with Gasteiger partial charge in [0.2, 0.25) is 0 Å². The third kappa shape index (κ3) is 3.49. The SMILES string of the molecule is CCc1nc(C)cn1-c1ccc(-n2cnc(Cc3ccccc3)c2CO)cc1. The molecule has 0 spiro atoms. The first kappa shape index (κ1) is 18.2. The van der Waals surface area contributed by atoms with Crippen LogP contribution in [0.2, 0.25) is 0 Å². The molecule has 0 aliphatic carbocycles. The quantitative estimate of drug-likeness (QED) is 0.556. The minimum atomic E-state index is -0.0510. The van der Waals surface area contributed by atoms with Gasteiger partial charge in [0, 0.05) is 30.4 Å². The fraction of sp³-hybridized carbons (Fsp3) is 0.217. The topological polar surface area (TPSA) is 55.9 Å². The molecule has 2 aromatic heterocycles. The van der Waals surface area contributed by atoms with Crippen LogP contribution in [-0.4, -0.2) is 24.2 Å². The summed E-state index contributed by atoms with van der Waals surface area (Å²) >= 11 is 0. The number of aliphatic hydroxyl groups is 1. The summed E-state index contributed by atoms with van der Waals surface area (Å²) in [5, 5.41) is 9.96. The number of imidazole rings is 2. The molecule has 2 heterocycles. The van der Waals surface area contributed by atoms with Gasteiger partial charge in [0.05, 0.1) is 30.0 Å². The van der Waals surface area contributed by atoms with Crippen molar-refractivity contribution in [3.63, 3.8) is 0 Å². The molecular weight excluding hydrogens is 348 g/mol. The van der Waals surface area contributed by atoms with Gasteiger partial charge in [0.15, 0.2) is 0 Å². The van der Waals surface area contributed by atoms with Crippen LogP contribution >= 0.6 is 0 Å². The molecule has 5 nitrogen and oxygen atoms in total. The van der Waals surface area contributed by atoms with Crippen molar-refractivity contribution in [3.05, 3.63) is 95.6 Å². The van der Waals surface area contributed by atoms with Crippen LogP contribution in [-0.2, 0) is 19.4 Å². The second kappa shape index (κ2) is 7.82. The van der Waals surface area contributed by atoms with E-state index in [1.54, 1.807) is 6.33 Å². The summed E-state index contributed by atoms with van der Waals surface area (Å²) in [7, 11) is 0. The van der Waals surface area contributed by atoms with Crippen LogP contribution in [0.5, 0.6) is 0 Å². The zero-order valence-corrected chi connectivity index (χ0v) is 16.2. The van der Waals surface area contributed by atoms with Crippen LogP contribution in [0.25, 0.3) is 11.4 Å². The number of hydrogen-bond donors (Lipinski definition) is 1. The summed E-state index contributed by atoms with van der Waals surface area (Å²) < 4.78 is 4.09. The normalized spacial score (nSPS) is 11.1. The summed E-state index contributed by atoms with van der Waals surface area (Å²) in [6.45, 7) is 4.07. The maximum Gasteiger partial charge on any atom is 0.113 e. The second-order valence-electron chi connectivity index (χ2n) is 6.87. The van der Waals surface area contributed by atoms with Crippen LogP contribution in [0.4, 0.5) is 0 Å². The average Bonchev–Trinajstić information content (AvgIpc) is 3.31. The van der Waals surface area contributed by atoms with Crippen LogP contribution < -0.4 is 0 Å². The third-order valence-corrected chi connectivity index (χ3v) is 4.94. The lowest BCUT2D eigenvalue weighted by Crippen LogP contribution is -2.03. The molecule has 0 saturated heterocycles. The highest BCUT2D eigenvalue weighted by molar-refractivity contribution is 5.44. The fourth-order valence-electron chi connectivity index (χ4n) is 3.53. The van der Waals surface area contributed by atoms with Crippen LogP contribution in [0.15, 0.2) is 67.1 Å². The first-order valence-electron chi connectivity index (χ1n) is 9.55. The average molecular weight is 372 g/mol. The Balaban J connectivity index is 1.64. The summed E-state index contributed by atoms with van der Waals surface area (Å²) in [5.41, 5.74) is 5.98. The second-order valence-corrected chi connectivity index (χ2v) is 6.87. The van der Waals surface area contributed by atoms with Gasteiger partial charge in [-0.05, 0) is 36.8 Å². The lowest BCUT2D eigenvalue weighted by Gasteiger charge is -2.11. The highest BCUT2D eigenvalue weighted by atomic mass is 16.3. The van der Waals surface area contributed by atoms with Gasteiger partial charge in [0.1, 0.15) is 5.82 Å². The van der Waals surface area contributed by atoms with Gasteiger partial charge < -0.3 is 14.2 Å². The number of benzene rings is 2. The van der Waals surface area contributed by atoms with Gasteiger partial charge in [0.25, 0.3) is 0 Å². The Hall–Kier alpha value is -3.18. The van der Waals surface area contributed by atoms with Crippen molar-refractivity contribution in [1.82, 2.24) is 19.1 Å². The van der Waals surface area contributed by atoms with E-state index in [2.05, 4.69) is 64.1 Å². The Kier molecular flexibility index (Phi) is 5.08. The molecule has 28 heavy (non-hydrogen) atoms. The van der Waals surface area contributed by atoms with E-state index in [0.717, 1.165) is 40.7 Å². The minimum Gasteiger partial charge on any atom is -0.390 e. The molecule has 0 unspecified atom stereocenters. The number of nitrogens with zero attached hydrogens (tertiary/aromatic N) is 4. The van der Waals surface area contributed by atoms with Crippen molar-refractivity contribution in [3.8, 4) is 11.4 Å². The van der Waals surface area contributed by atoms with E-state index in [4.69, 9.17) is 0 Å². The number of rotatable bonds is 6. The molecule has 0 bridgehead atoms. The molecule has 4 rings (SSSR count). The molecular formula is C23H24N4O. The Morgan fingerprint density at radius 2 is 1.61 bits per heavy atom. The monoisotopic (exact) mass is 372 g/mol. The van der Waals surface area contributed by atoms with Crippen LogP contribution in [0, 0.1) is 6.92 Å². The first-order chi connectivity index (χ1) is 13.7. The number of hydrogen-bond acceptors (Lipinski definition) is 3. The van der Waals surface area contributed by atoms with E-state index in [0.29, 0.717) is 6.42 Å². The summed E-state index contributed by atoms with van der Waals surface area (Å²) in [6.07, 6.45) is 5.43. The van der Waals surface area contributed by atoms with E-state index < -0.39 is 0 Å². The molecule has 0 atom stereocenters. The van der Waals surface area contributed by atoms with Crippen LogP contribution in [0.1, 0.15) is 35.4 Å². The maximum absolute atomic E-state index is 9.96. The van der Waals surface area contributed by atoms with Crippen molar-refractivity contribution >= 4 is 0 Å². The Morgan fingerprint density at radius 3 is 2.25 bits per heavy atom. The summed E-state index contributed by atoms with van der Waals surface area (Å²) in [4.78, 5) is 9.13. The number of aryl methyl sites for hydroxylation is 2. The lowest BCUT2D eigenvalue weighted by molar-refractivity contribution is 0.273. The Labute approximate surface area is 164 Å². The first-order valence-corrected chi connectivity index (χ1v) is 9.55. The van der Waals surface area contributed by atoms with Crippen molar-refractivity contribution in [2.45, 2.75) is 33.3 Å².